The molecule has 0 aliphatic heterocycles. The van der Waals surface area contributed by atoms with Gasteiger partial charge < -0.3 is 11.1 Å². The van der Waals surface area contributed by atoms with Gasteiger partial charge in [-0.25, -0.2) is 0 Å². The Hall–Kier alpha value is -1.35. The van der Waals surface area contributed by atoms with E-state index in [1.165, 1.54) is 12.8 Å². The van der Waals surface area contributed by atoms with E-state index < -0.39 is 0 Å². The topological polar surface area (TPSA) is 55.1 Å². The van der Waals surface area contributed by atoms with Crippen LogP contribution in [0, 0.1) is 12.8 Å². The zero-order valence-corrected chi connectivity index (χ0v) is 11.0. The third kappa shape index (κ3) is 3.10. The van der Waals surface area contributed by atoms with Crippen LogP contribution in [0.2, 0.25) is 0 Å². The quantitative estimate of drug-likeness (QED) is 0.859. The molecule has 0 radical (unpaired) electrons. The molecule has 0 aromatic heterocycles. The Bertz CT molecular complexity index is 417. The van der Waals surface area contributed by atoms with Gasteiger partial charge in [0.05, 0.1) is 0 Å². The number of benzene rings is 1. The van der Waals surface area contributed by atoms with Crippen LogP contribution in [-0.4, -0.2) is 18.5 Å². The zero-order valence-electron chi connectivity index (χ0n) is 11.0. The van der Waals surface area contributed by atoms with Crippen LogP contribution >= 0.6 is 0 Å². The van der Waals surface area contributed by atoms with E-state index in [-0.39, 0.29) is 11.9 Å². The maximum absolute atomic E-state index is 12.1. The summed E-state index contributed by atoms with van der Waals surface area (Å²) in [6.07, 6.45) is 4.68. The molecule has 1 aromatic carbocycles. The number of carbonyl (C=O) groups excluding carboxylic acids is 1. The largest absolute Gasteiger partial charge is 0.352 e. The molecule has 1 aliphatic carbocycles. The fourth-order valence-electron chi connectivity index (χ4n) is 2.64. The van der Waals surface area contributed by atoms with Crippen LogP contribution in [0.1, 0.15) is 41.6 Å². The van der Waals surface area contributed by atoms with E-state index in [4.69, 9.17) is 5.73 Å². The molecule has 2 unspecified atom stereocenters. The van der Waals surface area contributed by atoms with Crippen LogP contribution in [0.4, 0.5) is 0 Å². The average molecular weight is 246 g/mol. The minimum Gasteiger partial charge on any atom is -0.352 e. The summed E-state index contributed by atoms with van der Waals surface area (Å²) in [4.78, 5) is 12.1. The maximum atomic E-state index is 12.1. The molecular formula is C15H22N2O. The SMILES string of the molecule is Cc1ccccc1C(=O)NCC1CCCCC1N. The summed E-state index contributed by atoms with van der Waals surface area (Å²) in [5, 5.41) is 3.02. The number of hydrogen-bond donors (Lipinski definition) is 2. The molecule has 2 atom stereocenters. The Kier molecular flexibility index (Phi) is 4.37. The van der Waals surface area contributed by atoms with E-state index >= 15 is 0 Å². The molecule has 98 valence electrons. The van der Waals surface area contributed by atoms with Gasteiger partial charge in [0.2, 0.25) is 0 Å². The Morgan fingerprint density at radius 1 is 1.33 bits per heavy atom. The van der Waals surface area contributed by atoms with E-state index in [1.807, 2.05) is 31.2 Å². The molecule has 3 nitrogen and oxygen atoms in total. The van der Waals surface area contributed by atoms with Crippen LogP contribution in [0.25, 0.3) is 0 Å². The number of nitrogens with two attached hydrogens (primary N) is 1. The highest BCUT2D eigenvalue weighted by atomic mass is 16.1. The summed E-state index contributed by atoms with van der Waals surface area (Å²) in [6, 6.07) is 7.92. The lowest BCUT2D eigenvalue weighted by atomic mass is 9.85. The number of nitrogens with one attached hydrogen (secondary N) is 1. The molecular weight excluding hydrogens is 224 g/mol. The summed E-state index contributed by atoms with van der Waals surface area (Å²) in [5.41, 5.74) is 7.86. The highest BCUT2D eigenvalue weighted by Crippen LogP contribution is 2.22. The van der Waals surface area contributed by atoms with E-state index in [0.717, 1.165) is 24.0 Å². The van der Waals surface area contributed by atoms with Crippen LogP contribution < -0.4 is 11.1 Å². The first-order chi connectivity index (χ1) is 8.68. The van der Waals surface area contributed by atoms with Crippen molar-refractivity contribution in [3.05, 3.63) is 35.4 Å². The molecule has 0 spiro atoms. The molecule has 1 aliphatic rings. The van der Waals surface area contributed by atoms with Gasteiger partial charge in [-0.2, -0.15) is 0 Å². The molecule has 0 heterocycles. The smallest absolute Gasteiger partial charge is 0.251 e. The van der Waals surface area contributed by atoms with Crippen molar-refractivity contribution in [1.29, 1.82) is 0 Å². The predicted molar refractivity (Wildman–Crippen MR) is 73.4 cm³/mol. The molecule has 0 saturated heterocycles. The van der Waals surface area contributed by atoms with Gasteiger partial charge >= 0.3 is 0 Å². The minimum absolute atomic E-state index is 0.0193. The van der Waals surface area contributed by atoms with Crippen molar-refractivity contribution >= 4 is 5.91 Å². The minimum atomic E-state index is 0.0193. The molecule has 18 heavy (non-hydrogen) atoms. The van der Waals surface area contributed by atoms with Crippen molar-refractivity contribution in [2.75, 3.05) is 6.54 Å². The van der Waals surface area contributed by atoms with Crippen LogP contribution in [0.3, 0.4) is 0 Å². The van der Waals surface area contributed by atoms with Crippen molar-refractivity contribution in [3.8, 4) is 0 Å². The number of rotatable bonds is 3. The average Bonchev–Trinajstić information content (AvgIpc) is 2.38. The Balaban J connectivity index is 1.90. The number of hydrogen-bond acceptors (Lipinski definition) is 2. The fraction of sp³-hybridized carbons (Fsp3) is 0.533. The summed E-state index contributed by atoms with van der Waals surface area (Å²) in [7, 11) is 0. The third-order valence-corrected chi connectivity index (χ3v) is 3.88. The molecule has 3 N–H and O–H groups in total. The van der Waals surface area contributed by atoms with E-state index in [0.29, 0.717) is 12.5 Å². The van der Waals surface area contributed by atoms with Crippen LogP contribution in [0.5, 0.6) is 0 Å². The van der Waals surface area contributed by atoms with E-state index in [2.05, 4.69) is 5.32 Å². The summed E-state index contributed by atoms with van der Waals surface area (Å²) >= 11 is 0. The van der Waals surface area contributed by atoms with Crippen molar-refractivity contribution in [1.82, 2.24) is 5.32 Å². The number of carbonyl (C=O) groups is 1. The lowest BCUT2D eigenvalue weighted by molar-refractivity contribution is 0.0941. The first-order valence-corrected chi connectivity index (χ1v) is 6.78. The van der Waals surface area contributed by atoms with Gasteiger partial charge in [0.25, 0.3) is 5.91 Å². The second-order valence-corrected chi connectivity index (χ2v) is 5.23. The van der Waals surface area contributed by atoms with Gasteiger partial charge in [-0.1, -0.05) is 31.0 Å². The highest BCUT2D eigenvalue weighted by Gasteiger charge is 2.22. The highest BCUT2D eigenvalue weighted by molar-refractivity contribution is 5.95. The van der Waals surface area contributed by atoms with E-state index in [9.17, 15) is 4.79 Å². The predicted octanol–water partition coefficient (Wildman–Crippen LogP) is 2.24. The molecule has 1 fully saturated rings. The molecule has 1 aromatic rings. The van der Waals surface area contributed by atoms with Crippen LogP contribution in [-0.2, 0) is 0 Å². The summed E-state index contributed by atoms with van der Waals surface area (Å²) in [5.74, 6) is 0.456. The zero-order chi connectivity index (χ0) is 13.0. The second kappa shape index (κ2) is 6.01. The first-order valence-electron chi connectivity index (χ1n) is 6.78. The van der Waals surface area contributed by atoms with Gasteiger partial charge in [0.15, 0.2) is 0 Å². The van der Waals surface area contributed by atoms with Crippen molar-refractivity contribution in [3.63, 3.8) is 0 Å². The van der Waals surface area contributed by atoms with Gasteiger partial charge in [-0.15, -0.1) is 0 Å². The molecule has 0 bridgehead atoms. The number of amides is 1. The van der Waals surface area contributed by atoms with Gasteiger partial charge in [0.1, 0.15) is 0 Å². The second-order valence-electron chi connectivity index (χ2n) is 5.23. The molecule has 1 saturated carbocycles. The molecule has 1 amide bonds. The van der Waals surface area contributed by atoms with Gasteiger partial charge in [-0.05, 0) is 37.3 Å². The monoisotopic (exact) mass is 246 g/mol. The maximum Gasteiger partial charge on any atom is 0.251 e. The lowest BCUT2D eigenvalue weighted by Gasteiger charge is -2.28. The fourth-order valence-corrected chi connectivity index (χ4v) is 2.64. The third-order valence-electron chi connectivity index (χ3n) is 3.88. The van der Waals surface area contributed by atoms with Crippen molar-refractivity contribution < 1.29 is 4.79 Å². The van der Waals surface area contributed by atoms with Crippen molar-refractivity contribution in [2.45, 2.75) is 38.6 Å². The lowest BCUT2D eigenvalue weighted by Crippen LogP contribution is -2.41. The van der Waals surface area contributed by atoms with Crippen LogP contribution in [0.15, 0.2) is 24.3 Å². The Labute approximate surface area is 109 Å². The molecule has 3 heteroatoms. The van der Waals surface area contributed by atoms with Crippen molar-refractivity contribution in [2.24, 2.45) is 11.7 Å². The van der Waals surface area contributed by atoms with E-state index in [1.54, 1.807) is 0 Å². The standard InChI is InChI=1S/C15H22N2O/c1-11-6-2-4-8-13(11)15(18)17-10-12-7-3-5-9-14(12)16/h2,4,6,8,12,14H,3,5,7,9-10,16H2,1H3,(H,17,18). The van der Waals surface area contributed by atoms with Gasteiger partial charge in [-0.3, -0.25) is 4.79 Å². The molecule has 2 rings (SSSR count). The Morgan fingerprint density at radius 2 is 2.06 bits per heavy atom. The normalized spacial score (nSPS) is 23.7. The summed E-state index contributed by atoms with van der Waals surface area (Å²) in [6.45, 7) is 2.66. The first kappa shape index (κ1) is 13.1. The summed E-state index contributed by atoms with van der Waals surface area (Å²) < 4.78 is 0. The Morgan fingerprint density at radius 3 is 2.78 bits per heavy atom. The van der Waals surface area contributed by atoms with Gasteiger partial charge in [0, 0.05) is 18.2 Å². The number of aryl methyl sites for hydroxylation is 1.